The highest BCUT2D eigenvalue weighted by atomic mass is 35.5. The number of pyridine rings is 1. The van der Waals surface area contributed by atoms with Gasteiger partial charge in [0, 0.05) is 12.6 Å². The van der Waals surface area contributed by atoms with Crippen LogP contribution in [0.25, 0.3) is 5.65 Å². The Labute approximate surface area is 125 Å². The van der Waals surface area contributed by atoms with Gasteiger partial charge in [0.15, 0.2) is 0 Å². The zero-order valence-corrected chi connectivity index (χ0v) is 11.8. The van der Waals surface area contributed by atoms with Gasteiger partial charge in [0.1, 0.15) is 17.2 Å². The van der Waals surface area contributed by atoms with Crippen molar-refractivity contribution in [3.63, 3.8) is 0 Å². The highest BCUT2D eigenvalue weighted by molar-refractivity contribution is 6.32. The van der Waals surface area contributed by atoms with E-state index in [0.29, 0.717) is 24.6 Å². The van der Waals surface area contributed by atoms with Crippen molar-refractivity contribution in [1.82, 2.24) is 9.38 Å². The standard InChI is InChI=1S/C15H13ClFN3O/c16-11-9-10(17)4-5-13(11)21-15-12(6-7-18)20-8-2-1-3-14(20)19-15/h1-5,8-9H,6-7,18H2. The van der Waals surface area contributed by atoms with E-state index in [1.807, 2.05) is 28.8 Å². The van der Waals surface area contributed by atoms with E-state index in [1.165, 1.54) is 18.2 Å². The molecular formula is C15H13ClFN3O. The van der Waals surface area contributed by atoms with Crippen LogP contribution < -0.4 is 10.5 Å². The van der Waals surface area contributed by atoms with Gasteiger partial charge in [-0.15, -0.1) is 0 Å². The zero-order chi connectivity index (χ0) is 14.8. The molecule has 1 aromatic carbocycles. The maximum Gasteiger partial charge on any atom is 0.241 e. The van der Waals surface area contributed by atoms with Gasteiger partial charge in [-0.2, -0.15) is 4.98 Å². The van der Waals surface area contributed by atoms with Gasteiger partial charge in [0.05, 0.1) is 10.7 Å². The number of imidazole rings is 1. The number of rotatable bonds is 4. The van der Waals surface area contributed by atoms with Crippen LogP contribution in [0.5, 0.6) is 11.6 Å². The smallest absolute Gasteiger partial charge is 0.241 e. The lowest BCUT2D eigenvalue weighted by molar-refractivity contribution is 0.458. The highest BCUT2D eigenvalue weighted by Crippen LogP contribution is 2.31. The van der Waals surface area contributed by atoms with E-state index in [9.17, 15) is 4.39 Å². The molecule has 0 saturated heterocycles. The van der Waals surface area contributed by atoms with E-state index in [-0.39, 0.29) is 5.02 Å². The minimum absolute atomic E-state index is 0.200. The fourth-order valence-corrected chi connectivity index (χ4v) is 2.34. The van der Waals surface area contributed by atoms with Crippen LogP contribution in [0.4, 0.5) is 4.39 Å². The molecule has 2 N–H and O–H groups in total. The van der Waals surface area contributed by atoms with Gasteiger partial charge in [-0.3, -0.25) is 0 Å². The van der Waals surface area contributed by atoms with Crippen molar-refractivity contribution < 1.29 is 9.13 Å². The molecule has 0 unspecified atom stereocenters. The monoisotopic (exact) mass is 305 g/mol. The molecule has 21 heavy (non-hydrogen) atoms. The zero-order valence-electron chi connectivity index (χ0n) is 11.1. The molecule has 0 radical (unpaired) electrons. The van der Waals surface area contributed by atoms with Gasteiger partial charge >= 0.3 is 0 Å². The molecule has 4 nitrogen and oxygen atoms in total. The highest BCUT2D eigenvalue weighted by Gasteiger charge is 2.15. The quantitative estimate of drug-likeness (QED) is 0.803. The number of benzene rings is 1. The molecule has 0 aliphatic carbocycles. The molecule has 2 heterocycles. The minimum Gasteiger partial charge on any atom is -0.436 e. The first-order valence-corrected chi connectivity index (χ1v) is 6.86. The van der Waals surface area contributed by atoms with Crippen molar-refractivity contribution in [1.29, 1.82) is 0 Å². The molecule has 0 amide bonds. The van der Waals surface area contributed by atoms with Crippen LogP contribution in [0.1, 0.15) is 5.69 Å². The van der Waals surface area contributed by atoms with E-state index < -0.39 is 5.82 Å². The molecule has 2 aromatic heterocycles. The van der Waals surface area contributed by atoms with Crippen molar-refractivity contribution in [2.75, 3.05) is 6.54 Å². The third kappa shape index (κ3) is 2.70. The Hall–Kier alpha value is -2.11. The summed E-state index contributed by atoms with van der Waals surface area (Å²) in [5, 5.41) is 0.200. The van der Waals surface area contributed by atoms with Crippen molar-refractivity contribution in [3.05, 3.63) is 59.1 Å². The van der Waals surface area contributed by atoms with Crippen molar-refractivity contribution >= 4 is 17.2 Å². The number of hydrogen-bond acceptors (Lipinski definition) is 3. The van der Waals surface area contributed by atoms with Gasteiger partial charge in [0.25, 0.3) is 0 Å². The van der Waals surface area contributed by atoms with Crippen molar-refractivity contribution in [3.8, 4) is 11.6 Å². The van der Waals surface area contributed by atoms with Crippen LogP contribution in [-0.2, 0) is 6.42 Å². The predicted octanol–water partition coefficient (Wildman–Crippen LogP) is 3.42. The van der Waals surface area contributed by atoms with Crippen molar-refractivity contribution in [2.24, 2.45) is 5.73 Å². The lowest BCUT2D eigenvalue weighted by atomic mass is 10.3. The number of nitrogens with zero attached hydrogens (tertiary/aromatic N) is 2. The van der Waals surface area contributed by atoms with E-state index in [2.05, 4.69) is 4.98 Å². The first-order chi connectivity index (χ1) is 10.2. The molecule has 108 valence electrons. The molecule has 0 saturated carbocycles. The third-order valence-corrected chi connectivity index (χ3v) is 3.37. The van der Waals surface area contributed by atoms with Crippen LogP contribution in [0.15, 0.2) is 42.6 Å². The van der Waals surface area contributed by atoms with Gasteiger partial charge in [0.2, 0.25) is 5.88 Å². The fraction of sp³-hybridized carbons (Fsp3) is 0.133. The lowest BCUT2D eigenvalue weighted by Crippen LogP contribution is -2.06. The summed E-state index contributed by atoms with van der Waals surface area (Å²) >= 11 is 5.98. The maximum atomic E-state index is 13.1. The summed E-state index contributed by atoms with van der Waals surface area (Å²) in [5.74, 6) is 0.379. The number of ether oxygens (including phenoxy) is 1. The summed E-state index contributed by atoms with van der Waals surface area (Å²) in [6.45, 7) is 0.468. The van der Waals surface area contributed by atoms with Gasteiger partial charge in [-0.1, -0.05) is 17.7 Å². The van der Waals surface area contributed by atoms with Crippen LogP contribution in [0.2, 0.25) is 5.02 Å². The van der Waals surface area contributed by atoms with E-state index in [4.69, 9.17) is 22.1 Å². The van der Waals surface area contributed by atoms with Gasteiger partial charge < -0.3 is 14.9 Å². The number of fused-ring (bicyclic) bond motifs is 1. The number of nitrogens with two attached hydrogens (primary N) is 1. The molecule has 0 spiro atoms. The van der Waals surface area contributed by atoms with Crippen LogP contribution >= 0.6 is 11.6 Å². The van der Waals surface area contributed by atoms with Crippen LogP contribution in [-0.4, -0.2) is 15.9 Å². The van der Waals surface area contributed by atoms with Gasteiger partial charge in [-0.05, 0) is 36.9 Å². The molecule has 3 aromatic rings. The Balaban J connectivity index is 2.05. The predicted molar refractivity (Wildman–Crippen MR) is 79.4 cm³/mol. The molecular weight excluding hydrogens is 293 g/mol. The Morgan fingerprint density at radius 2 is 2.14 bits per heavy atom. The lowest BCUT2D eigenvalue weighted by Gasteiger charge is -2.07. The summed E-state index contributed by atoms with van der Waals surface area (Å²) in [7, 11) is 0. The summed E-state index contributed by atoms with van der Waals surface area (Å²) in [5.41, 5.74) is 7.26. The average molecular weight is 306 g/mol. The Morgan fingerprint density at radius 3 is 2.90 bits per heavy atom. The normalized spacial score (nSPS) is 11.0. The summed E-state index contributed by atoms with van der Waals surface area (Å²) in [4.78, 5) is 4.42. The molecule has 0 aliphatic rings. The number of hydrogen-bond donors (Lipinski definition) is 1. The number of halogens is 2. The topological polar surface area (TPSA) is 52.5 Å². The summed E-state index contributed by atoms with van der Waals surface area (Å²) in [6, 6.07) is 9.65. The molecule has 6 heteroatoms. The molecule has 0 atom stereocenters. The third-order valence-electron chi connectivity index (χ3n) is 3.07. The second-order valence-electron chi connectivity index (χ2n) is 4.51. The Bertz CT molecular complexity index is 788. The molecule has 0 bridgehead atoms. The van der Waals surface area contributed by atoms with Crippen molar-refractivity contribution in [2.45, 2.75) is 6.42 Å². The first kappa shape index (κ1) is 13.9. The molecule has 0 fully saturated rings. The fourth-order valence-electron chi connectivity index (χ4n) is 2.13. The molecule has 3 rings (SSSR count). The minimum atomic E-state index is -0.412. The van der Waals surface area contributed by atoms with Crippen LogP contribution in [0, 0.1) is 5.82 Å². The number of aromatic nitrogens is 2. The summed E-state index contributed by atoms with van der Waals surface area (Å²) in [6.07, 6.45) is 2.51. The largest absolute Gasteiger partial charge is 0.436 e. The van der Waals surface area contributed by atoms with E-state index in [0.717, 1.165) is 11.3 Å². The maximum absolute atomic E-state index is 13.1. The summed E-state index contributed by atoms with van der Waals surface area (Å²) < 4.78 is 20.7. The van der Waals surface area contributed by atoms with E-state index in [1.54, 1.807) is 0 Å². The average Bonchev–Trinajstić information content (AvgIpc) is 2.81. The SMILES string of the molecule is NCCc1c(Oc2ccc(F)cc2Cl)nc2ccccn12. The van der Waals surface area contributed by atoms with E-state index >= 15 is 0 Å². The second kappa shape index (κ2) is 5.71. The first-order valence-electron chi connectivity index (χ1n) is 6.48. The van der Waals surface area contributed by atoms with Gasteiger partial charge in [-0.25, -0.2) is 4.39 Å². The molecule has 0 aliphatic heterocycles. The Morgan fingerprint density at radius 1 is 1.29 bits per heavy atom. The van der Waals surface area contributed by atoms with Crippen LogP contribution in [0.3, 0.4) is 0 Å². The second-order valence-corrected chi connectivity index (χ2v) is 4.92. The Kier molecular flexibility index (Phi) is 3.77.